The van der Waals surface area contributed by atoms with E-state index in [0.717, 1.165) is 12.8 Å². The van der Waals surface area contributed by atoms with Crippen LogP contribution in [0.4, 0.5) is 0 Å². The van der Waals surface area contributed by atoms with E-state index in [-0.39, 0.29) is 11.8 Å². The highest BCUT2D eigenvalue weighted by Gasteiger charge is 2.54. The predicted molar refractivity (Wildman–Crippen MR) is 76.2 cm³/mol. The molecule has 2 fully saturated rings. The molecule has 0 radical (unpaired) electrons. The lowest BCUT2D eigenvalue weighted by Crippen LogP contribution is -2.54. The average molecular weight is 282 g/mol. The number of amides is 2. The molecule has 20 heavy (non-hydrogen) atoms. The SMILES string of the molecule is CNC(=O)C(NC(C)=O)C1(OCC2CCCCC2)CC1. The first-order valence-electron chi connectivity index (χ1n) is 7.70. The Hall–Kier alpha value is -1.10. The van der Waals surface area contributed by atoms with E-state index in [2.05, 4.69) is 10.6 Å². The van der Waals surface area contributed by atoms with Crippen molar-refractivity contribution in [1.82, 2.24) is 10.6 Å². The van der Waals surface area contributed by atoms with E-state index >= 15 is 0 Å². The lowest BCUT2D eigenvalue weighted by Gasteiger charge is -2.29. The Labute approximate surface area is 120 Å². The highest BCUT2D eigenvalue weighted by molar-refractivity contribution is 5.88. The van der Waals surface area contributed by atoms with Gasteiger partial charge >= 0.3 is 0 Å². The monoisotopic (exact) mass is 282 g/mol. The quantitative estimate of drug-likeness (QED) is 0.773. The van der Waals surface area contributed by atoms with Gasteiger partial charge in [0.2, 0.25) is 11.8 Å². The summed E-state index contributed by atoms with van der Waals surface area (Å²) in [7, 11) is 1.59. The minimum Gasteiger partial charge on any atom is -0.372 e. The van der Waals surface area contributed by atoms with Gasteiger partial charge in [-0.15, -0.1) is 0 Å². The van der Waals surface area contributed by atoms with Crippen molar-refractivity contribution in [3.63, 3.8) is 0 Å². The zero-order valence-electron chi connectivity index (χ0n) is 12.5. The third kappa shape index (κ3) is 3.72. The summed E-state index contributed by atoms with van der Waals surface area (Å²) in [5.41, 5.74) is -0.469. The third-order valence-electron chi connectivity index (χ3n) is 4.46. The number of carbonyl (C=O) groups is 2. The fraction of sp³-hybridized carbons (Fsp3) is 0.867. The maximum absolute atomic E-state index is 12.0. The van der Waals surface area contributed by atoms with Crippen LogP contribution in [0.1, 0.15) is 51.9 Å². The Balaban J connectivity index is 1.92. The van der Waals surface area contributed by atoms with Crippen LogP contribution >= 0.6 is 0 Å². The molecule has 5 nitrogen and oxygen atoms in total. The molecule has 0 bridgehead atoms. The van der Waals surface area contributed by atoms with E-state index in [9.17, 15) is 9.59 Å². The van der Waals surface area contributed by atoms with Crippen molar-refractivity contribution >= 4 is 11.8 Å². The second-order valence-corrected chi connectivity index (χ2v) is 6.13. The molecule has 0 saturated heterocycles. The standard InChI is InChI=1S/C15H26N2O3/c1-11(18)17-13(14(19)16-2)15(8-9-15)20-10-12-6-4-3-5-7-12/h12-13H,3-10H2,1-2H3,(H,16,19)(H,17,18). The Morgan fingerprint density at radius 1 is 1.25 bits per heavy atom. The molecule has 0 aromatic heterocycles. The van der Waals surface area contributed by atoms with Crippen molar-refractivity contribution in [2.45, 2.75) is 63.5 Å². The van der Waals surface area contributed by atoms with E-state index in [4.69, 9.17) is 4.74 Å². The van der Waals surface area contributed by atoms with E-state index in [1.54, 1.807) is 7.05 Å². The Kier molecular flexibility index (Phi) is 5.02. The molecule has 5 heteroatoms. The van der Waals surface area contributed by atoms with Gasteiger partial charge in [-0.25, -0.2) is 0 Å². The van der Waals surface area contributed by atoms with Crippen LogP contribution < -0.4 is 10.6 Å². The van der Waals surface area contributed by atoms with Gasteiger partial charge < -0.3 is 15.4 Å². The first-order chi connectivity index (χ1) is 9.57. The summed E-state index contributed by atoms with van der Waals surface area (Å²) in [6, 6.07) is -0.561. The smallest absolute Gasteiger partial charge is 0.245 e. The van der Waals surface area contributed by atoms with E-state index in [1.807, 2.05) is 0 Å². The average Bonchev–Trinajstić information content (AvgIpc) is 3.24. The van der Waals surface area contributed by atoms with Gasteiger partial charge in [-0.3, -0.25) is 9.59 Å². The molecule has 2 amide bonds. The van der Waals surface area contributed by atoms with Crippen LogP contribution in [0.25, 0.3) is 0 Å². The Morgan fingerprint density at radius 2 is 1.90 bits per heavy atom. The molecular weight excluding hydrogens is 256 g/mol. The van der Waals surface area contributed by atoms with Gasteiger partial charge in [0.15, 0.2) is 0 Å². The normalized spacial score (nSPS) is 22.9. The summed E-state index contributed by atoms with van der Waals surface area (Å²) in [5.74, 6) is 0.261. The van der Waals surface area contributed by atoms with Crippen LogP contribution in [0.15, 0.2) is 0 Å². The predicted octanol–water partition coefficient (Wildman–Crippen LogP) is 1.37. The van der Waals surface area contributed by atoms with Crippen molar-refractivity contribution < 1.29 is 14.3 Å². The van der Waals surface area contributed by atoms with Gasteiger partial charge in [-0.05, 0) is 31.6 Å². The molecule has 2 aliphatic rings. The van der Waals surface area contributed by atoms with Gasteiger partial charge in [-0.1, -0.05) is 19.3 Å². The van der Waals surface area contributed by atoms with E-state index in [0.29, 0.717) is 12.5 Å². The lowest BCUT2D eigenvalue weighted by molar-refractivity contribution is -0.134. The summed E-state index contributed by atoms with van der Waals surface area (Å²) in [6.45, 7) is 2.15. The van der Waals surface area contributed by atoms with Crippen LogP contribution in [0.5, 0.6) is 0 Å². The molecule has 114 valence electrons. The highest BCUT2D eigenvalue weighted by atomic mass is 16.5. The summed E-state index contributed by atoms with van der Waals surface area (Å²) in [6.07, 6.45) is 8.03. The number of nitrogens with one attached hydrogen (secondary N) is 2. The third-order valence-corrected chi connectivity index (χ3v) is 4.46. The lowest BCUT2D eigenvalue weighted by atomic mass is 9.90. The van der Waals surface area contributed by atoms with Crippen molar-refractivity contribution in [3.8, 4) is 0 Å². The largest absolute Gasteiger partial charge is 0.372 e. The molecule has 0 aromatic carbocycles. The van der Waals surface area contributed by atoms with Gasteiger partial charge in [-0.2, -0.15) is 0 Å². The number of ether oxygens (including phenoxy) is 1. The van der Waals surface area contributed by atoms with Crippen molar-refractivity contribution in [1.29, 1.82) is 0 Å². The number of likely N-dealkylation sites (N-methyl/N-ethyl adjacent to an activating group) is 1. The van der Waals surface area contributed by atoms with Crippen LogP contribution in [0.2, 0.25) is 0 Å². The van der Waals surface area contributed by atoms with E-state index < -0.39 is 11.6 Å². The minimum absolute atomic E-state index is 0.165. The molecule has 2 saturated carbocycles. The van der Waals surface area contributed by atoms with Gasteiger partial charge in [0.1, 0.15) is 6.04 Å². The zero-order valence-corrected chi connectivity index (χ0v) is 12.5. The Bertz CT molecular complexity index is 360. The molecule has 0 aliphatic heterocycles. The van der Waals surface area contributed by atoms with Crippen molar-refractivity contribution in [3.05, 3.63) is 0 Å². The molecule has 1 unspecified atom stereocenters. The Morgan fingerprint density at radius 3 is 2.40 bits per heavy atom. The first-order valence-corrected chi connectivity index (χ1v) is 7.70. The summed E-state index contributed by atoms with van der Waals surface area (Å²) >= 11 is 0. The second kappa shape index (κ2) is 6.57. The van der Waals surface area contributed by atoms with Gasteiger partial charge in [0.05, 0.1) is 12.2 Å². The molecule has 1 atom stereocenters. The first kappa shape index (κ1) is 15.3. The van der Waals surface area contributed by atoms with Crippen molar-refractivity contribution in [2.24, 2.45) is 5.92 Å². The molecule has 2 N–H and O–H groups in total. The van der Waals surface area contributed by atoms with Crippen LogP contribution in [-0.4, -0.2) is 37.1 Å². The highest BCUT2D eigenvalue weighted by Crippen LogP contribution is 2.44. The molecule has 0 aromatic rings. The maximum Gasteiger partial charge on any atom is 0.245 e. The summed E-state index contributed by atoms with van der Waals surface area (Å²) in [4.78, 5) is 23.3. The van der Waals surface area contributed by atoms with Crippen LogP contribution in [-0.2, 0) is 14.3 Å². The number of hydrogen-bond donors (Lipinski definition) is 2. The summed E-state index contributed by atoms with van der Waals surface area (Å²) in [5, 5.41) is 5.37. The van der Waals surface area contributed by atoms with Crippen molar-refractivity contribution in [2.75, 3.05) is 13.7 Å². The zero-order chi connectivity index (χ0) is 14.6. The van der Waals surface area contributed by atoms with Gasteiger partial charge in [0, 0.05) is 14.0 Å². The number of hydrogen-bond acceptors (Lipinski definition) is 3. The summed E-state index contributed by atoms with van der Waals surface area (Å²) < 4.78 is 6.09. The van der Waals surface area contributed by atoms with Gasteiger partial charge in [0.25, 0.3) is 0 Å². The second-order valence-electron chi connectivity index (χ2n) is 6.13. The molecule has 2 aliphatic carbocycles. The van der Waals surface area contributed by atoms with Crippen LogP contribution in [0.3, 0.4) is 0 Å². The van der Waals surface area contributed by atoms with E-state index in [1.165, 1.54) is 39.0 Å². The fourth-order valence-electron chi connectivity index (χ4n) is 3.06. The maximum atomic E-state index is 12.0. The minimum atomic E-state index is -0.561. The number of carbonyl (C=O) groups excluding carboxylic acids is 2. The van der Waals surface area contributed by atoms with Crippen LogP contribution in [0, 0.1) is 5.92 Å². The molecule has 0 heterocycles. The molecule has 0 spiro atoms. The number of rotatable bonds is 6. The fourth-order valence-corrected chi connectivity index (χ4v) is 3.06. The topological polar surface area (TPSA) is 67.4 Å². The molecular formula is C15H26N2O3. The molecule has 2 rings (SSSR count).